The van der Waals surface area contributed by atoms with Crippen LogP contribution in [-0.2, 0) is 0 Å². The van der Waals surface area contributed by atoms with Crippen LogP contribution in [0.3, 0.4) is 0 Å². The van der Waals surface area contributed by atoms with Crippen LogP contribution in [0.25, 0.3) is 0 Å². The van der Waals surface area contributed by atoms with Gasteiger partial charge >= 0.3 is 0 Å². The van der Waals surface area contributed by atoms with Crippen molar-refractivity contribution in [3.05, 3.63) is 0 Å². The van der Waals surface area contributed by atoms with E-state index in [0.29, 0.717) is 11.0 Å². The molecule has 0 aromatic carbocycles. The number of hydrogen-bond acceptors (Lipinski definition) is 2. The van der Waals surface area contributed by atoms with Gasteiger partial charge < -0.3 is 4.90 Å². The molecule has 1 aliphatic heterocycles. The molecule has 0 N–H and O–H groups in total. The second-order valence-corrected chi connectivity index (χ2v) is 7.34. The average molecular weight is 271 g/mol. The van der Waals surface area contributed by atoms with Gasteiger partial charge in [0, 0.05) is 25.2 Å². The predicted octanol–water partition coefficient (Wildman–Crippen LogP) is 4.26. The topological polar surface area (TPSA) is 6.48 Å². The molecular weight excluding hydrogens is 232 g/mol. The fourth-order valence-corrected chi connectivity index (χ4v) is 2.63. The second kappa shape index (κ2) is 8.26. The summed E-state index contributed by atoms with van der Waals surface area (Å²) >= 11 is 0. The van der Waals surface area contributed by atoms with E-state index in [4.69, 9.17) is 0 Å². The summed E-state index contributed by atoms with van der Waals surface area (Å²) in [7, 11) is 0. The van der Waals surface area contributed by atoms with Gasteiger partial charge in [-0.3, -0.25) is 4.90 Å². The van der Waals surface area contributed by atoms with Crippen LogP contribution in [0.2, 0.25) is 0 Å². The third kappa shape index (κ3) is 7.31. The van der Waals surface area contributed by atoms with E-state index in [0.717, 1.165) is 0 Å². The molecule has 0 aliphatic carbocycles. The lowest BCUT2D eigenvalue weighted by molar-refractivity contribution is 0.116. The minimum atomic E-state index is 0.373. The zero-order valence-corrected chi connectivity index (χ0v) is 14.8. The van der Waals surface area contributed by atoms with Crippen molar-refractivity contribution < 1.29 is 0 Å². The summed E-state index contributed by atoms with van der Waals surface area (Å²) in [5, 5.41) is 0. The Morgan fingerprint density at radius 2 is 1.42 bits per heavy atom. The maximum Gasteiger partial charge on any atom is 0.0151 e. The molecule has 0 amide bonds. The van der Waals surface area contributed by atoms with Crippen molar-refractivity contribution in [3.8, 4) is 0 Å². The summed E-state index contributed by atoms with van der Waals surface area (Å²) in [5.41, 5.74) is 0.799. The molecule has 1 aliphatic rings. The van der Waals surface area contributed by atoms with Crippen LogP contribution >= 0.6 is 0 Å². The standard InChI is InChI=1S/C15H32N2.C2H6/c1-7-15(5,6)17-10-8-9-16(11-12-17)13-14(2,3)4;1-2/h7-13H2,1-6H3;1-2H3. The molecule has 1 rings (SSSR count). The van der Waals surface area contributed by atoms with Gasteiger partial charge in [-0.25, -0.2) is 0 Å². The lowest BCUT2D eigenvalue weighted by atomic mass is 9.96. The van der Waals surface area contributed by atoms with E-state index in [9.17, 15) is 0 Å². The molecule has 0 unspecified atom stereocenters. The van der Waals surface area contributed by atoms with Crippen LogP contribution in [0.15, 0.2) is 0 Å². The van der Waals surface area contributed by atoms with Crippen molar-refractivity contribution in [3.63, 3.8) is 0 Å². The molecule has 0 radical (unpaired) electrons. The Kier molecular flexibility index (Phi) is 8.23. The molecule has 0 aromatic heterocycles. The molecule has 0 bridgehead atoms. The molecule has 2 nitrogen and oxygen atoms in total. The lowest BCUT2D eigenvalue weighted by Crippen LogP contribution is -2.45. The van der Waals surface area contributed by atoms with Crippen molar-refractivity contribution in [1.29, 1.82) is 0 Å². The van der Waals surface area contributed by atoms with Gasteiger partial charge in [0.2, 0.25) is 0 Å². The molecule has 19 heavy (non-hydrogen) atoms. The molecule has 0 aromatic rings. The Labute approximate surface area is 122 Å². The van der Waals surface area contributed by atoms with Gasteiger partial charge in [0.25, 0.3) is 0 Å². The van der Waals surface area contributed by atoms with Crippen LogP contribution in [0, 0.1) is 5.41 Å². The van der Waals surface area contributed by atoms with E-state index in [-0.39, 0.29) is 0 Å². The highest BCUT2D eigenvalue weighted by atomic mass is 15.2. The minimum Gasteiger partial charge on any atom is -0.301 e. The van der Waals surface area contributed by atoms with E-state index in [1.165, 1.54) is 45.6 Å². The van der Waals surface area contributed by atoms with E-state index in [2.05, 4.69) is 51.3 Å². The third-order valence-corrected chi connectivity index (χ3v) is 4.01. The van der Waals surface area contributed by atoms with Crippen molar-refractivity contribution in [1.82, 2.24) is 9.80 Å². The van der Waals surface area contributed by atoms with E-state index in [1.54, 1.807) is 0 Å². The van der Waals surface area contributed by atoms with Crippen molar-refractivity contribution in [2.45, 2.75) is 73.8 Å². The van der Waals surface area contributed by atoms with Crippen LogP contribution < -0.4 is 0 Å². The number of rotatable bonds is 3. The highest BCUT2D eigenvalue weighted by Gasteiger charge is 2.27. The first kappa shape index (κ1) is 18.9. The summed E-state index contributed by atoms with van der Waals surface area (Å²) < 4.78 is 0. The fourth-order valence-electron chi connectivity index (χ4n) is 2.63. The van der Waals surface area contributed by atoms with E-state index >= 15 is 0 Å². The zero-order chi connectivity index (χ0) is 15.1. The normalized spacial score (nSPS) is 19.6. The van der Waals surface area contributed by atoms with Gasteiger partial charge in [0.05, 0.1) is 0 Å². The highest BCUT2D eigenvalue weighted by Crippen LogP contribution is 2.22. The predicted molar refractivity (Wildman–Crippen MR) is 87.8 cm³/mol. The Balaban J connectivity index is 0.00000154. The number of hydrogen-bond donors (Lipinski definition) is 0. The molecule has 1 heterocycles. The summed E-state index contributed by atoms with van der Waals surface area (Å²) in [4.78, 5) is 5.32. The highest BCUT2D eigenvalue weighted by molar-refractivity contribution is 4.83. The Bertz CT molecular complexity index is 228. The van der Waals surface area contributed by atoms with Gasteiger partial charge in [-0.1, -0.05) is 41.5 Å². The van der Waals surface area contributed by atoms with Crippen LogP contribution in [0.4, 0.5) is 0 Å². The third-order valence-electron chi connectivity index (χ3n) is 4.01. The van der Waals surface area contributed by atoms with Gasteiger partial charge in [-0.2, -0.15) is 0 Å². The lowest BCUT2D eigenvalue weighted by Gasteiger charge is -2.37. The molecule has 116 valence electrons. The smallest absolute Gasteiger partial charge is 0.0151 e. The summed E-state index contributed by atoms with van der Waals surface area (Å²) in [5.74, 6) is 0. The van der Waals surface area contributed by atoms with E-state index in [1.807, 2.05) is 13.8 Å². The molecular formula is C17H38N2. The SMILES string of the molecule is CC.CCC(C)(C)N1CCCN(CC(C)(C)C)CC1. The van der Waals surface area contributed by atoms with Crippen molar-refractivity contribution >= 4 is 0 Å². The van der Waals surface area contributed by atoms with Crippen LogP contribution in [-0.4, -0.2) is 48.1 Å². The number of nitrogens with zero attached hydrogens (tertiary/aromatic N) is 2. The molecule has 0 spiro atoms. The maximum absolute atomic E-state index is 2.68. The maximum atomic E-state index is 2.68. The average Bonchev–Trinajstić information content (AvgIpc) is 2.55. The molecule has 0 saturated carbocycles. The largest absolute Gasteiger partial charge is 0.301 e. The second-order valence-electron chi connectivity index (χ2n) is 7.34. The zero-order valence-electron chi connectivity index (χ0n) is 14.8. The quantitative estimate of drug-likeness (QED) is 0.756. The van der Waals surface area contributed by atoms with Gasteiger partial charge in [-0.15, -0.1) is 0 Å². The molecule has 2 heteroatoms. The van der Waals surface area contributed by atoms with Gasteiger partial charge in [0.1, 0.15) is 0 Å². The fraction of sp³-hybridized carbons (Fsp3) is 1.00. The van der Waals surface area contributed by atoms with Crippen LogP contribution in [0.1, 0.15) is 68.2 Å². The van der Waals surface area contributed by atoms with Crippen LogP contribution in [0.5, 0.6) is 0 Å². The van der Waals surface area contributed by atoms with Gasteiger partial charge in [0.15, 0.2) is 0 Å². The first-order valence-electron chi connectivity index (χ1n) is 8.22. The summed E-state index contributed by atoms with van der Waals surface area (Å²) in [6.07, 6.45) is 2.56. The molecule has 1 fully saturated rings. The van der Waals surface area contributed by atoms with Crippen molar-refractivity contribution in [2.75, 3.05) is 32.7 Å². The summed E-state index contributed by atoms with van der Waals surface area (Å²) in [6, 6.07) is 0. The Morgan fingerprint density at radius 1 is 0.842 bits per heavy atom. The Morgan fingerprint density at radius 3 is 1.89 bits per heavy atom. The first-order valence-corrected chi connectivity index (χ1v) is 8.22. The minimum absolute atomic E-state index is 0.373. The monoisotopic (exact) mass is 270 g/mol. The summed E-state index contributed by atoms with van der Waals surface area (Å²) in [6.45, 7) is 24.3. The molecule has 1 saturated heterocycles. The first-order chi connectivity index (χ1) is 8.74. The van der Waals surface area contributed by atoms with Crippen molar-refractivity contribution in [2.24, 2.45) is 5.41 Å². The Hall–Kier alpha value is -0.0800. The van der Waals surface area contributed by atoms with Gasteiger partial charge in [-0.05, 0) is 45.2 Å². The molecule has 0 atom stereocenters. The van der Waals surface area contributed by atoms with E-state index < -0.39 is 0 Å².